The van der Waals surface area contributed by atoms with Crippen LogP contribution in [0, 0.1) is 6.92 Å². The van der Waals surface area contributed by atoms with Crippen LogP contribution in [0.3, 0.4) is 0 Å². The van der Waals surface area contributed by atoms with E-state index in [9.17, 15) is 4.79 Å². The Morgan fingerprint density at radius 2 is 2.05 bits per heavy atom. The first kappa shape index (κ1) is 14.8. The molecule has 1 atom stereocenters. The van der Waals surface area contributed by atoms with Gasteiger partial charge in [-0.05, 0) is 12.5 Å². The Kier molecular flexibility index (Phi) is 3.96. The molecule has 0 saturated carbocycles. The first-order valence-electron chi connectivity index (χ1n) is 7.69. The number of carbonyl (C=O) groups is 1. The molecule has 22 heavy (non-hydrogen) atoms. The fourth-order valence-corrected chi connectivity index (χ4v) is 2.65. The predicted molar refractivity (Wildman–Crippen MR) is 82.3 cm³/mol. The highest BCUT2D eigenvalue weighted by Gasteiger charge is 2.34. The van der Waals surface area contributed by atoms with Crippen molar-refractivity contribution in [1.82, 2.24) is 15.0 Å². The number of carbonyl (C=O) groups excluding carboxylic acids is 1. The van der Waals surface area contributed by atoms with Crippen molar-refractivity contribution >= 4 is 5.91 Å². The van der Waals surface area contributed by atoms with Crippen molar-refractivity contribution in [2.75, 3.05) is 6.54 Å². The second-order valence-corrected chi connectivity index (χ2v) is 6.31. The second kappa shape index (κ2) is 5.91. The lowest BCUT2D eigenvalue weighted by Gasteiger charge is -2.16. The molecule has 1 aromatic carbocycles. The minimum atomic E-state index is 0.0120. The topological polar surface area (TPSA) is 59.2 Å². The zero-order valence-corrected chi connectivity index (χ0v) is 13.2. The summed E-state index contributed by atoms with van der Waals surface area (Å²) >= 11 is 0. The number of aromatic nitrogens is 2. The zero-order valence-electron chi connectivity index (χ0n) is 13.2. The van der Waals surface area contributed by atoms with Gasteiger partial charge in [0, 0.05) is 25.4 Å². The zero-order chi connectivity index (χ0) is 15.7. The van der Waals surface area contributed by atoms with Crippen molar-refractivity contribution < 1.29 is 9.32 Å². The molecule has 1 amide bonds. The Bertz CT molecular complexity index is 661. The van der Waals surface area contributed by atoms with Gasteiger partial charge < -0.3 is 9.42 Å². The minimum absolute atomic E-state index is 0.0120. The van der Waals surface area contributed by atoms with E-state index in [1.807, 2.05) is 18.7 Å². The number of aryl methyl sites for hydroxylation is 1. The van der Waals surface area contributed by atoms with Crippen LogP contribution >= 0.6 is 0 Å². The summed E-state index contributed by atoms with van der Waals surface area (Å²) in [6.45, 7) is 7.40. The van der Waals surface area contributed by atoms with E-state index in [2.05, 4.69) is 41.3 Å². The molecule has 0 aliphatic carbocycles. The molecule has 1 fully saturated rings. The summed E-state index contributed by atoms with van der Waals surface area (Å²) in [7, 11) is 0. The maximum atomic E-state index is 12.2. The Morgan fingerprint density at radius 3 is 2.68 bits per heavy atom. The van der Waals surface area contributed by atoms with Gasteiger partial charge in [0.25, 0.3) is 0 Å². The van der Waals surface area contributed by atoms with Crippen molar-refractivity contribution in [2.24, 2.45) is 0 Å². The van der Waals surface area contributed by atoms with Crippen LogP contribution in [0.25, 0.3) is 0 Å². The van der Waals surface area contributed by atoms with Gasteiger partial charge in [-0.2, -0.15) is 4.98 Å². The first-order valence-corrected chi connectivity index (χ1v) is 7.69. The fraction of sp³-hybridized carbons (Fsp3) is 0.471. The molecule has 1 aliphatic heterocycles. The van der Waals surface area contributed by atoms with E-state index in [1.165, 1.54) is 5.56 Å². The Morgan fingerprint density at radius 1 is 1.32 bits per heavy atom. The fourth-order valence-electron chi connectivity index (χ4n) is 2.65. The second-order valence-electron chi connectivity index (χ2n) is 6.31. The summed E-state index contributed by atoms with van der Waals surface area (Å²) in [5.74, 6) is 1.69. The van der Waals surface area contributed by atoms with E-state index in [1.54, 1.807) is 0 Å². The summed E-state index contributed by atoms with van der Waals surface area (Å²) in [5.41, 5.74) is 2.37. The maximum absolute atomic E-state index is 12.2. The van der Waals surface area contributed by atoms with Crippen LogP contribution in [0.1, 0.15) is 54.9 Å². The highest BCUT2D eigenvalue weighted by atomic mass is 16.5. The van der Waals surface area contributed by atoms with Crippen LogP contribution in [-0.4, -0.2) is 27.5 Å². The molecule has 0 spiro atoms. The van der Waals surface area contributed by atoms with E-state index in [0.29, 0.717) is 31.2 Å². The predicted octanol–water partition coefficient (Wildman–Crippen LogP) is 3.02. The number of amides is 1. The largest absolute Gasteiger partial charge is 0.339 e. The van der Waals surface area contributed by atoms with E-state index in [4.69, 9.17) is 4.52 Å². The summed E-state index contributed by atoms with van der Waals surface area (Å²) < 4.78 is 5.33. The third-order valence-electron chi connectivity index (χ3n) is 4.03. The van der Waals surface area contributed by atoms with Crippen LogP contribution < -0.4 is 0 Å². The van der Waals surface area contributed by atoms with Crippen molar-refractivity contribution in [3.63, 3.8) is 0 Å². The van der Waals surface area contributed by atoms with Crippen molar-refractivity contribution in [2.45, 2.75) is 45.6 Å². The van der Waals surface area contributed by atoms with Gasteiger partial charge in [-0.1, -0.05) is 48.8 Å². The van der Waals surface area contributed by atoms with Crippen LogP contribution in [-0.2, 0) is 11.3 Å². The lowest BCUT2D eigenvalue weighted by atomic mass is 10.1. The lowest BCUT2D eigenvalue weighted by Crippen LogP contribution is -2.24. The van der Waals surface area contributed by atoms with Gasteiger partial charge in [-0.3, -0.25) is 4.79 Å². The van der Waals surface area contributed by atoms with Crippen LogP contribution in [0.15, 0.2) is 28.8 Å². The Hall–Kier alpha value is -2.17. The van der Waals surface area contributed by atoms with Gasteiger partial charge >= 0.3 is 0 Å². The van der Waals surface area contributed by atoms with Crippen molar-refractivity contribution in [1.29, 1.82) is 0 Å². The van der Waals surface area contributed by atoms with E-state index in [0.717, 1.165) is 5.56 Å². The number of hydrogen-bond donors (Lipinski definition) is 0. The molecule has 1 unspecified atom stereocenters. The Labute approximate surface area is 130 Å². The molecule has 2 heterocycles. The van der Waals surface area contributed by atoms with Crippen molar-refractivity contribution in [3.05, 3.63) is 47.1 Å². The summed E-state index contributed by atoms with van der Waals surface area (Å²) in [6, 6.07) is 8.28. The summed E-state index contributed by atoms with van der Waals surface area (Å²) in [4.78, 5) is 18.5. The van der Waals surface area contributed by atoms with E-state index < -0.39 is 0 Å². The van der Waals surface area contributed by atoms with Gasteiger partial charge in [0.05, 0.1) is 5.92 Å². The standard InChI is InChI=1S/C17H21N3O2/c1-11(2)16-18-17(22-19-16)14-8-15(21)20(10-14)9-13-6-4-12(3)5-7-13/h4-7,11,14H,8-10H2,1-3H3. The molecule has 5 heteroatoms. The van der Waals surface area contributed by atoms with Crippen molar-refractivity contribution in [3.8, 4) is 0 Å². The molecule has 116 valence electrons. The number of likely N-dealkylation sites (tertiary alicyclic amines) is 1. The van der Waals surface area contributed by atoms with Gasteiger partial charge in [-0.15, -0.1) is 0 Å². The molecule has 1 aliphatic rings. The van der Waals surface area contributed by atoms with Gasteiger partial charge in [0.2, 0.25) is 11.8 Å². The van der Waals surface area contributed by atoms with Crippen LogP contribution in [0.2, 0.25) is 0 Å². The molecule has 1 saturated heterocycles. The average molecular weight is 299 g/mol. The molecule has 0 N–H and O–H groups in total. The van der Waals surface area contributed by atoms with Gasteiger partial charge in [-0.25, -0.2) is 0 Å². The van der Waals surface area contributed by atoms with Gasteiger partial charge in [0.15, 0.2) is 5.82 Å². The molecule has 5 nitrogen and oxygen atoms in total. The monoisotopic (exact) mass is 299 g/mol. The quantitative estimate of drug-likeness (QED) is 0.870. The molecular formula is C17H21N3O2. The van der Waals surface area contributed by atoms with E-state index >= 15 is 0 Å². The molecule has 1 aromatic heterocycles. The molecule has 0 bridgehead atoms. The third-order valence-corrected chi connectivity index (χ3v) is 4.03. The first-order chi connectivity index (χ1) is 10.5. The number of nitrogens with zero attached hydrogens (tertiary/aromatic N) is 3. The molecule has 3 rings (SSSR count). The average Bonchev–Trinajstić information content (AvgIpc) is 3.09. The molecular weight excluding hydrogens is 278 g/mol. The number of hydrogen-bond acceptors (Lipinski definition) is 4. The SMILES string of the molecule is Cc1ccc(CN2CC(c3nc(C(C)C)no3)CC2=O)cc1. The highest BCUT2D eigenvalue weighted by molar-refractivity contribution is 5.79. The number of rotatable bonds is 4. The number of benzene rings is 1. The van der Waals surface area contributed by atoms with E-state index in [-0.39, 0.29) is 17.7 Å². The smallest absolute Gasteiger partial charge is 0.232 e. The summed E-state index contributed by atoms with van der Waals surface area (Å²) in [5, 5.41) is 3.99. The molecule has 0 radical (unpaired) electrons. The van der Waals surface area contributed by atoms with Crippen LogP contribution in [0.5, 0.6) is 0 Å². The van der Waals surface area contributed by atoms with Gasteiger partial charge in [0.1, 0.15) is 0 Å². The van der Waals surface area contributed by atoms with Crippen LogP contribution in [0.4, 0.5) is 0 Å². The maximum Gasteiger partial charge on any atom is 0.232 e. The minimum Gasteiger partial charge on any atom is -0.339 e. The lowest BCUT2D eigenvalue weighted by molar-refractivity contribution is -0.128. The highest BCUT2D eigenvalue weighted by Crippen LogP contribution is 2.29. The normalized spacial score (nSPS) is 18.5. The molecule has 2 aromatic rings. The Balaban J connectivity index is 1.68. The summed E-state index contributed by atoms with van der Waals surface area (Å²) in [6.07, 6.45) is 0.450. The third kappa shape index (κ3) is 3.03.